The maximum absolute atomic E-state index is 9.32. The number of aliphatic hydroxyl groups excluding tert-OH is 1. The summed E-state index contributed by atoms with van der Waals surface area (Å²) in [4.78, 5) is 2.23. The Bertz CT molecular complexity index is 227. The molecular formula is C8H15N2O2+. The van der Waals surface area contributed by atoms with Crippen LogP contribution in [0.2, 0.25) is 0 Å². The van der Waals surface area contributed by atoms with Crippen molar-refractivity contribution in [3.8, 4) is 0 Å². The molecule has 0 aromatic carbocycles. The first kappa shape index (κ1) is 7.86. The largest absolute Gasteiger partial charge is 0.547 e. The Kier molecular flexibility index (Phi) is 1.72. The van der Waals surface area contributed by atoms with E-state index in [9.17, 15) is 5.11 Å². The molecule has 2 unspecified atom stereocenters. The minimum Gasteiger partial charge on any atom is -0.430 e. The molecule has 0 aromatic heterocycles. The molecule has 0 aromatic rings. The minimum absolute atomic E-state index is 0.0836. The van der Waals surface area contributed by atoms with Crippen LogP contribution in [0.1, 0.15) is 6.42 Å². The van der Waals surface area contributed by atoms with Gasteiger partial charge in [-0.25, -0.2) is 0 Å². The summed E-state index contributed by atoms with van der Waals surface area (Å²) in [7, 11) is 3.96. The van der Waals surface area contributed by atoms with Crippen LogP contribution in [0.3, 0.4) is 0 Å². The van der Waals surface area contributed by atoms with Gasteiger partial charge in [0.2, 0.25) is 0 Å². The second-order valence-corrected chi connectivity index (χ2v) is 3.67. The van der Waals surface area contributed by atoms with E-state index < -0.39 is 0 Å². The summed E-state index contributed by atoms with van der Waals surface area (Å²) in [6, 6.07) is 0.376. The van der Waals surface area contributed by atoms with Crippen LogP contribution in [0.4, 0.5) is 0 Å². The predicted octanol–water partition coefficient (Wildman–Crippen LogP) is -0.354. The molecule has 2 aliphatic rings. The highest BCUT2D eigenvalue weighted by atomic mass is 16.6. The first-order chi connectivity index (χ1) is 5.68. The van der Waals surface area contributed by atoms with Crippen LogP contribution >= 0.6 is 0 Å². The maximum Gasteiger partial charge on any atom is 0.547 e. The lowest BCUT2D eigenvalue weighted by molar-refractivity contribution is -0.540. The Labute approximate surface area is 72.1 Å². The van der Waals surface area contributed by atoms with Gasteiger partial charge in [0.1, 0.15) is 7.05 Å². The fraction of sp³-hybridized carbons (Fsp3) is 0.875. The summed E-state index contributed by atoms with van der Waals surface area (Å²) in [6.07, 6.45) is 1.32. The number of fused-ring (bicyclic) bond motifs is 1. The van der Waals surface area contributed by atoms with E-state index in [-0.39, 0.29) is 12.2 Å². The zero-order valence-electron chi connectivity index (χ0n) is 7.53. The Hall–Kier alpha value is -0.770. The number of hydrogen-bond donors (Lipinski definition) is 1. The van der Waals surface area contributed by atoms with Crippen molar-refractivity contribution in [3.63, 3.8) is 0 Å². The molecule has 1 N–H and O–H groups in total. The number of likely N-dealkylation sites (tertiary alicyclic amines) is 1. The van der Waals surface area contributed by atoms with Crippen LogP contribution in [0.15, 0.2) is 0 Å². The van der Waals surface area contributed by atoms with E-state index in [4.69, 9.17) is 4.74 Å². The zero-order valence-corrected chi connectivity index (χ0v) is 7.53. The van der Waals surface area contributed by atoms with Crippen molar-refractivity contribution in [1.29, 1.82) is 0 Å². The second kappa shape index (κ2) is 2.62. The average molecular weight is 171 g/mol. The molecular weight excluding hydrogens is 156 g/mol. The number of hydrogen-bond acceptors (Lipinski definition) is 2. The van der Waals surface area contributed by atoms with Crippen molar-refractivity contribution >= 4 is 6.08 Å². The van der Waals surface area contributed by atoms with Crippen molar-refractivity contribution in [3.05, 3.63) is 0 Å². The van der Waals surface area contributed by atoms with Crippen LogP contribution in [0, 0.1) is 0 Å². The summed E-state index contributed by atoms with van der Waals surface area (Å²) < 4.78 is 7.14. The first-order valence-electron chi connectivity index (χ1n) is 4.32. The lowest BCUT2D eigenvalue weighted by atomic mass is 10.0. The second-order valence-electron chi connectivity index (χ2n) is 3.67. The summed E-state index contributed by atoms with van der Waals surface area (Å²) in [5.74, 6) is 0. The Balaban J connectivity index is 2.11. The maximum atomic E-state index is 9.32. The quantitative estimate of drug-likeness (QED) is 0.506. The summed E-state index contributed by atoms with van der Waals surface area (Å²) in [5.41, 5.74) is 0. The first-order valence-corrected chi connectivity index (χ1v) is 4.32. The molecule has 0 bridgehead atoms. The van der Waals surface area contributed by atoms with Crippen molar-refractivity contribution < 1.29 is 14.4 Å². The van der Waals surface area contributed by atoms with Gasteiger partial charge in [0.15, 0.2) is 12.1 Å². The summed E-state index contributed by atoms with van der Waals surface area (Å²) >= 11 is 0. The van der Waals surface area contributed by atoms with Crippen molar-refractivity contribution in [2.75, 3.05) is 27.2 Å². The SMILES string of the molecule is CN1CCC2C(C1)OC(O)=[N+]2C. The highest BCUT2D eigenvalue weighted by Crippen LogP contribution is 2.20. The monoisotopic (exact) mass is 171 g/mol. The van der Waals surface area contributed by atoms with Gasteiger partial charge in [-0.2, -0.15) is 4.58 Å². The molecule has 68 valence electrons. The van der Waals surface area contributed by atoms with Gasteiger partial charge in [0.25, 0.3) is 0 Å². The zero-order chi connectivity index (χ0) is 8.72. The van der Waals surface area contributed by atoms with E-state index in [2.05, 4.69) is 11.9 Å². The number of rotatable bonds is 0. The van der Waals surface area contributed by atoms with Crippen molar-refractivity contribution in [1.82, 2.24) is 4.90 Å². The molecule has 0 saturated carbocycles. The van der Waals surface area contributed by atoms with Gasteiger partial charge in [0, 0.05) is 19.5 Å². The van der Waals surface area contributed by atoms with Crippen LogP contribution in [-0.4, -0.2) is 60.0 Å². The Morgan fingerprint density at radius 3 is 3.17 bits per heavy atom. The molecule has 1 saturated heterocycles. The van der Waals surface area contributed by atoms with E-state index in [0.29, 0.717) is 6.04 Å². The van der Waals surface area contributed by atoms with Gasteiger partial charge >= 0.3 is 6.08 Å². The van der Waals surface area contributed by atoms with Crippen LogP contribution in [-0.2, 0) is 4.74 Å². The highest BCUT2D eigenvalue weighted by molar-refractivity contribution is 5.59. The Morgan fingerprint density at radius 1 is 1.67 bits per heavy atom. The van der Waals surface area contributed by atoms with E-state index >= 15 is 0 Å². The number of likely N-dealkylation sites (N-methyl/N-ethyl adjacent to an activating group) is 2. The molecule has 2 aliphatic heterocycles. The topological polar surface area (TPSA) is 35.7 Å². The third kappa shape index (κ3) is 1.06. The molecule has 0 amide bonds. The van der Waals surface area contributed by atoms with Crippen LogP contribution in [0.25, 0.3) is 0 Å². The number of piperidine rings is 1. The standard InChI is InChI=1S/C8H14N2O2/c1-9-4-3-6-7(5-9)12-8(11)10(6)2/h6-7H,3-5H2,1-2H3/p+1. The third-order valence-electron chi connectivity index (χ3n) is 2.78. The lowest BCUT2D eigenvalue weighted by Gasteiger charge is -2.27. The van der Waals surface area contributed by atoms with Crippen LogP contribution in [0.5, 0.6) is 0 Å². The molecule has 12 heavy (non-hydrogen) atoms. The molecule has 0 spiro atoms. The molecule has 4 nitrogen and oxygen atoms in total. The smallest absolute Gasteiger partial charge is 0.430 e. The average Bonchev–Trinajstić information content (AvgIpc) is 2.28. The molecule has 2 heterocycles. The fourth-order valence-corrected chi connectivity index (χ4v) is 1.98. The summed E-state index contributed by atoms with van der Waals surface area (Å²) in [5, 5.41) is 9.32. The van der Waals surface area contributed by atoms with Gasteiger partial charge in [-0.1, -0.05) is 0 Å². The normalized spacial score (nSPS) is 36.5. The van der Waals surface area contributed by atoms with E-state index in [0.717, 1.165) is 19.5 Å². The van der Waals surface area contributed by atoms with Gasteiger partial charge in [-0.15, -0.1) is 0 Å². The molecule has 1 fully saturated rings. The Morgan fingerprint density at radius 2 is 2.42 bits per heavy atom. The van der Waals surface area contributed by atoms with E-state index in [1.54, 1.807) is 0 Å². The van der Waals surface area contributed by atoms with Crippen molar-refractivity contribution in [2.24, 2.45) is 0 Å². The highest BCUT2D eigenvalue weighted by Gasteiger charge is 2.44. The molecule has 0 aliphatic carbocycles. The predicted molar refractivity (Wildman–Crippen MR) is 44.6 cm³/mol. The summed E-state index contributed by atoms with van der Waals surface area (Å²) in [6.45, 7) is 2.00. The number of aliphatic hydroxyl groups is 1. The molecule has 0 radical (unpaired) electrons. The minimum atomic E-state index is 0.0836. The molecule has 2 rings (SSSR count). The lowest BCUT2D eigenvalue weighted by Crippen LogP contribution is -2.46. The number of ether oxygens (including phenoxy) is 1. The van der Waals surface area contributed by atoms with Gasteiger partial charge in [0.05, 0.1) is 0 Å². The number of nitrogens with zero attached hydrogens (tertiary/aromatic N) is 2. The molecule has 2 atom stereocenters. The molecule has 4 heteroatoms. The van der Waals surface area contributed by atoms with Crippen LogP contribution < -0.4 is 0 Å². The van der Waals surface area contributed by atoms with Gasteiger partial charge in [-0.05, 0) is 7.05 Å². The van der Waals surface area contributed by atoms with Gasteiger partial charge < -0.3 is 14.7 Å². The van der Waals surface area contributed by atoms with Gasteiger partial charge in [-0.3, -0.25) is 0 Å². The van der Waals surface area contributed by atoms with Crippen molar-refractivity contribution in [2.45, 2.75) is 18.6 Å². The van der Waals surface area contributed by atoms with E-state index in [1.165, 1.54) is 0 Å². The van der Waals surface area contributed by atoms with E-state index in [1.807, 2.05) is 11.6 Å². The third-order valence-corrected chi connectivity index (χ3v) is 2.78. The fourth-order valence-electron chi connectivity index (χ4n) is 1.98.